The first-order valence-electron chi connectivity index (χ1n) is 6.67. The number of fused-ring (bicyclic) bond motifs is 2. The molecule has 0 radical (unpaired) electrons. The maximum absolute atomic E-state index is 12.0. The molecule has 0 spiro atoms. The Kier molecular flexibility index (Phi) is 2.28. The van der Waals surface area contributed by atoms with E-state index in [1.807, 2.05) is 0 Å². The zero-order valence-electron chi connectivity index (χ0n) is 10.9. The number of furan rings is 1. The predicted octanol–water partition coefficient (Wildman–Crippen LogP) is 1.64. The number of rotatable bonds is 3. The zero-order valence-corrected chi connectivity index (χ0v) is 10.9. The van der Waals surface area contributed by atoms with Crippen LogP contribution in [0.3, 0.4) is 0 Å². The van der Waals surface area contributed by atoms with Gasteiger partial charge >= 0.3 is 5.97 Å². The van der Waals surface area contributed by atoms with Gasteiger partial charge in [0.25, 0.3) is 0 Å². The molecule has 6 nitrogen and oxygen atoms in total. The summed E-state index contributed by atoms with van der Waals surface area (Å²) in [6, 6.07) is 6.77. The van der Waals surface area contributed by atoms with Crippen molar-refractivity contribution < 1.29 is 23.9 Å². The van der Waals surface area contributed by atoms with Gasteiger partial charge in [-0.2, -0.15) is 0 Å². The summed E-state index contributed by atoms with van der Waals surface area (Å²) in [5.74, 6) is -1.82. The molecule has 6 heteroatoms. The summed E-state index contributed by atoms with van der Waals surface area (Å²) in [6.07, 6.45) is 0.625. The first kappa shape index (κ1) is 12.1. The summed E-state index contributed by atoms with van der Waals surface area (Å²) in [5, 5.41) is 9.85. The van der Waals surface area contributed by atoms with Gasteiger partial charge in [-0.05, 0) is 12.5 Å². The third-order valence-corrected chi connectivity index (χ3v) is 4.14. The fraction of sp³-hybridized carbons (Fsp3) is 0.267. The Morgan fingerprint density at radius 2 is 1.90 bits per heavy atom. The van der Waals surface area contributed by atoms with Gasteiger partial charge in [-0.3, -0.25) is 14.5 Å². The van der Waals surface area contributed by atoms with Crippen LogP contribution in [0.5, 0.6) is 0 Å². The summed E-state index contributed by atoms with van der Waals surface area (Å²) in [4.78, 5) is 36.5. The van der Waals surface area contributed by atoms with Crippen molar-refractivity contribution in [2.75, 3.05) is 0 Å². The molecule has 1 saturated carbocycles. The van der Waals surface area contributed by atoms with E-state index in [0.717, 1.165) is 4.90 Å². The summed E-state index contributed by atoms with van der Waals surface area (Å²) >= 11 is 0. The van der Waals surface area contributed by atoms with E-state index in [1.54, 1.807) is 24.3 Å². The number of piperidine rings is 1. The molecular formula is C15H11NO5. The lowest BCUT2D eigenvalue weighted by molar-refractivity contribution is -0.142. The quantitative estimate of drug-likeness (QED) is 0.866. The Labute approximate surface area is 118 Å². The summed E-state index contributed by atoms with van der Waals surface area (Å²) in [5.41, 5.74) is 0.459. The van der Waals surface area contributed by atoms with E-state index >= 15 is 0 Å². The molecule has 2 unspecified atom stereocenters. The molecule has 2 fully saturated rings. The summed E-state index contributed by atoms with van der Waals surface area (Å²) in [6.45, 7) is -0.110. The van der Waals surface area contributed by atoms with Crippen LogP contribution >= 0.6 is 0 Å². The zero-order chi connectivity index (χ0) is 14.7. The highest BCUT2D eigenvalue weighted by Crippen LogP contribution is 2.47. The molecule has 2 heterocycles. The molecule has 2 aliphatic rings. The molecule has 1 aliphatic carbocycles. The molecule has 2 amide bonds. The van der Waals surface area contributed by atoms with E-state index in [4.69, 9.17) is 4.42 Å². The van der Waals surface area contributed by atoms with Crippen LogP contribution in [0.2, 0.25) is 0 Å². The number of carbonyl (C=O) groups excluding carboxylic acids is 2. The molecule has 1 aromatic heterocycles. The molecule has 2 aromatic rings. The second-order valence-electron chi connectivity index (χ2n) is 5.41. The van der Waals surface area contributed by atoms with E-state index in [9.17, 15) is 19.5 Å². The van der Waals surface area contributed by atoms with Crippen LogP contribution in [0, 0.1) is 11.8 Å². The van der Waals surface area contributed by atoms with Crippen molar-refractivity contribution in [1.29, 1.82) is 0 Å². The smallest absolute Gasteiger partial charge is 0.339 e. The Bertz CT molecular complexity index is 785. The number of amides is 2. The topological polar surface area (TPSA) is 87.8 Å². The normalized spacial score (nSPS) is 23.7. The fourth-order valence-corrected chi connectivity index (χ4v) is 2.99. The van der Waals surface area contributed by atoms with Crippen LogP contribution in [-0.4, -0.2) is 27.8 Å². The van der Waals surface area contributed by atoms with E-state index in [-0.39, 0.29) is 41.5 Å². The van der Waals surface area contributed by atoms with Crippen molar-refractivity contribution in [3.63, 3.8) is 0 Å². The van der Waals surface area contributed by atoms with E-state index in [2.05, 4.69) is 0 Å². The summed E-state index contributed by atoms with van der Waals surface area (Å²) in [7, 11) is 0. The average Bonchev–Trinajstić information content (AvgIpc) is 3.11. The van der Waals surface area contributed by atoms with Gasteiger partial charge in [0.15, 0.2) is 0 Å². The Morgan fingerprint density at radius 3 is 2.57 bits per heavy atom. The van der Waals surface area contributed by atoms with Crippen molar-refractivity contribution in [3.8, 4) is 0 Å². The van der Waals surface area contributed by atoms with Gasteiger partial charge in [0.1, 0.15) is 16.9 Å². The monoisotopic (exact) mass is 285 g/mol. The number of benzene rings is 1. The molecule has 1 saturated heterocycles. The maximum Gasteiger partial charge on any atom is 0.339 e. The molecule has 4 rings (SSSR count). The van der Waals surface area contributed by atoms with Crippen LogP contribution in [0.15, 0.2) is 28.7 Å². The predicted molar refractivity (Wildman–Crippen MR) is 70.3 cm³/mol. The first-order valence-corrected chi connectivity index (χ1v) is 6.67. The second kappa shape index (κ2) is 3.94. The lowest BCUT2D eigenvalue weighted by Gasteiger charge is -2.14. The van der Waals surface area contributed by atoms with Crippen LogP contribution in [0.25, 0.3) is 11.0 Å². The SMILES string of the molecule is O=C(O)c1c(CN2C(=O)C3CC3C2=O)oc2ccccc12. The van der Waals surface area contributed by atoms with Crippen LogP contribution in [-0.2, 0) is 16.1 Å². The number of nitrogens with zero attached hydrogens (tertiary/aromatic N) is 1. The van der Waals surface area contributed by atoms with Gasteiger partial charge in [-0.1, -0.05) is 18.2 Å². The third kappa shape index (κ3) is 1.62. The highest BCUT2D eigenvalue weighted by atomic mass is 16.4. The number of hydrogen-bond acceptors (Lipinski definition) is 4. The molecule has 106 valence electrons. The molecule has 2 atom stereocenters. The number of carbonyl (C=O) groups is 3. The number of para-hydroxylation sites is 1. The van der Waals surface area contributed by atoms with Crippen LogP contribution in [0.4, 0.5) is 0 Å². The molecule has 1 N–H and O–H groups in total. The van der Waals surface area contributed by atoms with Crippen molar-refractivity contribution >= 4 is 28.8 Å². The number of likely N-dealkylation sites (tertiary alicyclic amines) is 1. The maximum atomic E-state index is 12.0. The number of carboxylic acids is 1. The fourth-order valence-electron chi connectivity index (χ4n) is 2.99. The number of hydrogen-bond donors (Lipinski definition) is 1. The van der Waals surface area contributed by atoms with Crippen molar-refractivity contribution in [3.05, 3.63) is 35.6 Å². The van der Waals surface area contributed by atoms with Crippen molar-refractivity contribution in [2.45, 2.75) is 13.0 Å². The minimum Gasteiger partial charge on any atom is -0.478 e. The van der Waals surface area contributed by atoms with Crippen LogP contribution < -0.4 is 0 Å². The lowest BCUT2D eigenvalue weighted by Crippen LogP contribution is -2.32. The third-order valence-electron chi connectivity index (χ3n) is 4.14. The van der Waals surface area contributed by atoms with E-state index in [0.29, 0.717) is 17.4 Å². The molecular weight excluding hydrogens is 274 g/mol. The molecule has 21 heavy (non-hydrogen) atoms. The standard InChI is InChI=1S/C15H11NO5/c17-13-8-5-9(8)14(18)16(13)6-11-12(15(19)20)7-3-1-2-4-10(7)21-11/h1-4,8-9H,5-6H2,(H,19,20). The largest absolute Gasteiger partial charge is 0.478 e. The Balaban J connectivity index is 1.77. The van der Waals surface area contributed by atoms with Gasteiger partial charge in [0, 0.05) is 5.39 Å². The second-order valence-corrected chi connectivity index (χ2v) is 5.41. The lowest BCUT2D eigenvalue weighted by atomic mass is 10.1. The van der Waals surface area contributed by atoms with Crippen molar-refractivity contribution in [2.24, 2.45) is 11.8 Å². The molecule has 1 aliphatic heterocycles. The van der Waals surface area contributed by atoms with Crippen LogP contribution in [0.1, 0.15) is 22.5 Å². The Morgan fingerprint density at radius 1 is 1.24 bits per heavy atom. The highest BCUT2D eigenvalue weighted by molar-refractivity contribution is 6.09. The van der Waals surface area contributed by atoms with Gasteiger partial charge in [0.05, 0.1) is 18.4 Å². The van der Waals surface area contributed by atoms with Gasteiger partial charge in [-0.15, -0.1) is 0 Å². The van der Waals surface area contributed by atoms with Gasteiger partial charge < -0.3 is 9.52 Å². The molecule has 1 aromatic carbocycles. The van der Waals surface area contributed by atoms with E-state index < -0.39 is 5.97 Å². The minimum atomic E-state index is -1.13. The number of carboxylic acid groups (broad SMARTS) is 1. The first-order chi connectivity index (χ1) is 10.1. The van der Waals surface area contributed by atoms with E-state index in [1.165, 1.54) is 0 Å². The van der Waals surface area contributed by atoms with Gasteiger partial charge in [0.2, 0.25) is 11.8 Å². The number of aromatic carboxylic acids is 1. The minimum absolute atomic E-state index is 0.0202. The highest BCUT2D eigenvalue weighted by Gasteiger charge is 2.59. The van der Waals surface area contributed by atoms with Crippen molar-refractivity contribution in [1.82, 2.24) is 4.90 Å². The summed E-state index contributed by atoms with van der Waals surface area (Å²) < 4.78 is 5.54. The molecule has 0 bridgehead atoms. The number of imide groups is 1. The average molecular weight is 285 g/mol. The van der Waals surface area contributed by atoms with Gasteiger partial charge in [-0.25, -0.2) is 4.79 Å². The Hall–Kier alpha value is -2.63.